The van der Waals surface area contributed by atoms with Gasteiger partial charge in [0.25, 0.3) is 0 Å². The number of aryl methyl sites for hydroxylation is 3. The molecule has 6 aromatic carbocycles. The Kier molecular flexibility index (Phi) is 147. The molecule has 0 fully saturated rings. The fraction of sp³-hybridized carbons (Fsp3) is 0.713. The fourth-order valence-corrected chi connectivity index (χ4v) is 13.3. The molecule has 15 N–H and O–H groups in total. The van der Waals surface area contributed by atoms with Crippen molar-refractivity contribution in [3.63, 3.8) is 0 Å². The van der Waals surface area contributed by atoms with E-state index in [9.17, 15) is 9.59 Å². The number of unbranched alkanes of at least 4 members (excludes halogenated alkanes) is 11. The first-order chi connectivity index (χ1) is 65.8. The quantitative estimate of drug-likeness (QED) is 0.0136. The molecule has 0 bridgehead atoms. The Morgan fingerprint density at radius 1 is 0.267 bits per heavy atom. The summed E-state index contributed by atoms with van der Waals surface area (Å²) in [5.41, 5.74) is 53.5. The summed E-state index contributed by atoms with van der Waals surface area (Å²) >= 11 is 0. The van der Waals surface area contributed by atoms with Crippen molar-refractivity contribution >= 4 is 17.5 Å². The van der Waals surface area contributed by atoms with E-state index in [-0.39, 0.29) is 56.4 Å². The number of carbonyl (C=O) groups is 2. The molecule has 0 saturated heterocycles. The zero-order valence-corrected chi connectivity index (χ0v) is 100. The summed E-state index contributed by atoms with van der Waals surface area (Å²) in [5, 5.41) is 7.21. The van der Waals surface area contributed by atoms with E-state index in [4.69, 9.17) is 45.5 Å². The number of primary amides is 2. The van der Waals surface area contributed by atoms with Crippen LogP contribution in [-0.4, -0.2) is 37.2 Å². The third-order valence-corrected chi connectivity index (χ3v) is 22.0. The van der Waals surface area contributed by atoms with Crippen LogP contribution in [0.2, 0.25) is 0 Å². The Bertz CT molecular complexity index is 3520. The largest absolute Gasteiger partial charge is 0.370 e. The molecule has 0 spiro atoms. The number of rotatable bonds is 47. The van der Waals surface area contributed by atoms with Crippen molar-refractivity contribution < 1.29 is 9.59 Å². The first kappa shape index (κ1) is 173. The van der Waals surface area contributed by atoms with Crippen molar-refractivity contribution in [3.8, 4) is 0 Å². The second kappa shape index (κ2) is 124. The molecule has 146 heavy (non-hydrogen) atoms. The summed E-state index contributed by atoms with van der Waals surface area (Å²) in [7, 11) is 0. The Labute approximate surface area is 920 Å². The van der Waals surface area contributed by atoms with Gasteiger partial charge in [0.15, 0.2) is 0 Å². The molecule has 0 radical (unpaired) electrons. The van der Waals surface area contributed by atoms with Crippen LogP contribution >= 0.6 is 0 Å². The molecular weight excluding hydrogens is 1780 g/mol. The lowest BCUT2D eigenvalue weighted by Crippen LogP contribution is -2.11. The topological polar surface area (TPSA) is 240 Å². The average molecular weight is 2050 g/mol. The Morgan fingerprint density at radius 2 is 0.589 bits per heavy atom. The molecule has 6 aromatic rings. The van der Waals surface area contributed by atoms with Crippen molar-refractivity contribution in [1.29, 1.82) is 5.41 Å². The van der Waals surface area contributed by atoms with E-state index in [2.05, 4.69) is 371 Å². The molecule has 6 rings (SSSR count). The van der Waals surface area contributed by atoms with Crippen LogP contribution in [0.15, 0.2) is 146 Å². The van der Waals surface area contributed by atoms with Crippen molar-refractivity contribution in [2.45, 2.75) is 544 Å². The number of carbonyl (C=O) groups excluding carboxylic acids is 2. The molecule has 0 unspecified atom stereocenters. The summed E-state index contributed by atoms with van der Waals surface area (Å²) in [4.78, 5) is 21.1. The van der Waals surface area contributed by atoms with E-state index >= 15 is 0 Å². The number of benzene rings is 6. The number of nitrogens with two attached hydrogens (primary N) is 7. The normalized spacial score (nSPS) is 10.0. The smallest absolute Gasteiger partial charge is 0.248 e. The highest BCUT2D eigenvalue weighted by Crippen LogP contribution is 2.21. The first-order valence-corrected chi connectivity index (χ1v) is 57.0. The second-order valence-electron chi connectivity index (χ2n) is 45.0. The molecule has 0 atom stereocenters. The number of hydrogen-bond acceptors (Lipinski definition) is 8. The monoisotopic (exact) mass is 2050 g/mol. The molecule has 10 heteroatoms. The summed E-state index contributed by atoms with van der Waals surface area (Å²) in [6.07, 6.45) is 41.5. The molecule has 0 heterocycles. The third kappa shape index (κ3) is 144. The fourth-order valence-electron chi connectivity index (χ4n) is 13.3. The van der Waals surface area contributed by atoms with Crippen LogP contribution in [-0.2, 0) is 62.8 Å². The summed E-state index contributed by atoms with van der Waals surface area (Å²) in [6, 6.07) is 51.1. The van der Waals surface area contributed by atoms with Gasteiger partial charge in [-0.25, -0.2) is 0 Å². The highest BCUT2D eigenvalue weighted by Gasteiger charge is 2.07. The summed E-state index contributed by atoms with van der Waals surface area (Å²) in [5.74, 6) is 10.9. The molecular formula is C136H268N8O2. The second-order valence-corrected chi connectivity index (χ2v) is 45.0. The number of nitrogens with one attached hydrogen (secondary N) is 1. The van der Waals surface area contributed by atoms with Crippen LogP contribution in [0, 0.1) is 82.3 Å². The maximum absolute atomic E-state index is 10.9. The zero-order valence-electron chi connectivity index (χ0n) is 100. The predicted molar refractivity (Wildman–Crippen MR) is 680 cm³/mol. The third-order valence-electron chi connectivity index (χ3n) is 22.0. The molecule has 10 nitrogen and oxygen atoms in total. The lowest BCUT2D eigenvalue weighted by Gasteiger charge is -2.09. The molecule has 864 valence electrons. The van der Waals surface area contributed by atoms with Crippen molar-refractivity contribution in [3.05, 3.63) is 212 Å². The number of amides is 2. The summed E-state index contributed by atoms with van der Waals surface area (Å²) in [6.45, 7) is 87.7. The summed E-state index contributed by atoms with van der Waals surface area (Å²) < 4.78 is 0. The van der Waals surface area contributed by atoms with Crippen molar-refractivity contribution in [1.82, 2.24) is 0 Å². The van der Waals surface area contributed by atoms with Gasteiger partial charge >= 0.3 is 0 Å². The highest BCUT2D eigenvalue weighted by molar-refractivity contribution is 5.92. The van der Waals surface area contributed by atoms with Crippen LogP contribution in [0.4, 0.5) is 0 Å². The first-order valence-electron chi connectivity index (χ1n) is 57.0. The van der Waals surface area contributed by atoms with E-state index in [1.807, 2.05) is 31.2 Å². The van der Waals surface area contributed by atoms with Gasteiger partial charge < -0.3 is 45.5 Å². The van der Waals surface area contributed by atoms with Gasteiger partial charge in [-0.2, -0.15) is 0 Å². The maximum atomic E-state index is 10.9. The SMILES string of the molecule is C.C.C.C.C.C.CC(=N)CCCCCC(C)C.CC(C)C.CC(C)CCCC(N)=O.CC(C)CCCCN.CC(C)CCN.CC(C)CN.CC(C)Cc1cccc(C(N)=O)c1.CC(C)Cc1ccccc1CN.CC(C)c1cccc(CN)c1.CCCCC(C)C.CCCCCCC(C)C.CCCCCCCC(C)C.CCc1ccc(C(C)C)cc1.CCc1ccc(CC(C)C)cc1.CCc1cccc(CC(C)C)c1. The molecule has 0 aliphatic heterocycles. The van der Waals surface area contributed by atoms with Gasteiger partial charge in [-0.1, -0.05) is 563 Å². The lowest BCUT2D eigenvalue weighted by atomic mass is 9.98. The molecule has 0 aromatic heterocycles. The van der Waals surface area contributed by atoms with E-state index in [0.717, 1.165) is 136 Å². The molecule has 0 aliphatic carbocycles. The lowest BCUT2D eigenvalue weighted by molar-refractivity contribution is -0.118. The van der Waals surface area contributed by atoms with Crippen LogP contribution in [0.1, 0.15) is 558 Å². The Balaban J connectivity index is -0.0000000973. The molecule has 0 aliphatic rings. The minimum absolute atomic E-state index is 0. The Morgan fingerprint density at radius 3 is 0.911 bits per heavy atom. The average Bonchev–Trinajstić information content (AvgIpc) is 0.899. The van der Waals surface area contributed by atoms with E-state index < -0.39 is 0 Å². The van der Waals surface area contributed by atoms with Gasteiger partial charge in [0, 0.05) is 30.8 Å². The number of hydrogen-bond donors (Lipinski definition) is 8. The standard InChI is InChI=1S/2C12H18.C11H15NO.C11H17N.C11H16.C10H15N.C10H21N.C10H22.C9H20.C7H15NO.C7H17N.C7H16.C5H13N.C4H11N.C4H10.6CH4/c1-4-11-5-7-12(8-6-11)9-10(2)3;1-4-11-6-5-7-12(9-11)8-10(2)3;1-8(2)6-9-4-3-5-10(7-9)11(12)13;1-9(2)7-10-5-3-4-6-11(10)8-12;1-4-10-5-7-11(8-6-10)9(2)3;1-8(2)10-5-3-4-9(6-10)7-11;1-9(2)7-5-4-6-8-10(3)11;1-4-5-6-7-8-9-10(2)3;1-4-5-6-7-8-9(2)3;1-6(2)4-3-5-7(8)9;1-7(2)5-3-4-6-8;1-4-5-6-7(2)3;1-5(2)3-4-6;1-4(2)3-5;1-4(2)3;;;;;;/h5-8,10H,4,9H2,1-3H3;5-7,9-10H,4,8H2,1-3H3;3-5,7-8H,6H2,1-2H3,(H2,12,13);3-6,9H,7-8,12H2,1-2H3;5-9H,4H2,1-3H3;3-6,8H,7,11H2,1-2H3;9,11H,4-8H2,1-3H3;10H,4-9H2,1-3H3;9H,4-8H2,1-3H3;6H,3-5H2,1-2H3,(H2,8,9);7H,3-6,8H2,1-2H3;7H,4-6H2,1-3H3;5H,3-4,6H2,1-2H3;4H,3,5H2,1-2H3;4H,1-3H3;6*1H4. The molecule has 0 saturated carbocycles. The van der Waals surface area contributed by atoms with Gasteiger partial charge in [0.2, 0.25) is 11.8 Å². The van der Waals surface area contributed by atoms with Crippen molar-refractivity contribution in [2.75, 3.05) is 19.6 Å². The van der Waals surface area contributed by atoms with Gasteiger partial charge in [0.1, 0.15) is 0 Å². The Hall–Kier alpha value is -6.27. The zero-order chi connectivity index (χ0) is 109. The van der Waals surface area contributed by atoms with Gasteiger partial charge in [-0.15, -0.1) is 0 Å². The van der Waals surface area contributed by atoms with E-state index in [1.165, 1.54) is 209 Å². The van der Waals surface area contributed by atoms with Crippen LogP contribution in [0.3, 0.4) is 0 Å². The van der Waals surface area contributed by atoms with Crippen LogP contribution in [0.5, 0.6) is 0 Å². The minimum Gasteiger partial charge on any atom is -0.370 e. The van der Waals surface area contributed by atoms with Gasteiger partial charge in [0.05, 0.1) is 0 Å². The predicted octanol–water partition coefficient (Wildman–Crippen LogP) is 41.1. The van der Waals surface area contributed by atoms with Crippen LogP contribution in [0.25, 0.3) is 0 Å². The minimum atomic E-state index is -0.356. The van der Waals surface area contributed by atoms with Crippen LogP contribution < -0.4 is 40.1 Å². The molecule has 2 amide bonds. The highest BCUT2D eigenvalue weighted by atomic mass is 16.1. The van der Waals surface area contributed by atoms with Crippen molar-refractivity contribution in [2.24, 2.45) is 117 Å². The maximum Gasteiger partial charge on any atom is 0.248 e. The van der Waals surface area contributed by atoms with Gasteiger partial charge in [-0.3, -0.25) is 9.59 Å². The van der Waals surface area contributed by atoms with Gasteiger partial charge in [-0.05, 0) is 266 Å². The van der Waals surface area contributed by atoms with E-state index in [0.29, 0.717) is 60.6 Å². The van der Waals surface area contributed by atoms with E-state index in [1.54, 1.807) is 6.07 Å².